The molecule has 1 N–H and O–H groups in total. The number of nitrogens with zero attached hydrogens (tertiary/aromatic N) is 2. The fourth-order valence-electron chi connectivity index (χ4n) is 2.76. The number of carbonyl (C=O) groups is 1. The first-order chi connectivity index (χ1) is 10.6. The highest BCUT2D eigenvalue weighted by Gasteiger charge is 2.12. The van der Waals surface area contributed by atoms with Crippen molar-refractivity contribution >= 4 is 17.7 Å². The Morgan fingerprint density at radius 1 is 1.41 bits per heavy atom. The fraction of sp³-hybridized carbons (Fsp3) is 0.647. The SMILES string of the molecule is Cc1cccc(C[C@H](C)NC(=O)CSCCN2CCCC2)n1. The normalized spacial score (nSPS) is 16.6. The number of rotatable bonds is 8. The summed E-state index contributed by atoms with van der Waals surface area (Å²) in [4.78, 5) is 18.9. The van der Waals surface area contributed by atoms with Crippen molar-refractivity contribution < 1.29 is 4.79 Å². The summed E-state index contributed by atoms with van der Waals surface area (Å²) in [5.41, 5.74) is 2.06. The average Bonchev–Trinajstić information content (AvgIpc) is 2.96. The molecule has 0 bridgehead atoms. The second kappa shape index (κ2) is 9.16. The van der Waals surface area contributed by atoms with Gasteiger partial charge >= 0.3 is 0 Å². The van der Waals surface area contributed by atoms with E-state index < -0.39 is 0 Å². The third kappa shape index (κ3) is 6.36. The molecule has 1 saturated heterocycles. The number of nitrogens with one attached hydrogen (secondary N) is 1. The maximum atomic E-state index is 11.9. The summed E-state index contributed by atoms with van der Waals surface area (Å²) in [5, 5.41) is 3.06. The lowest BCUT2D eigenvalue weighted by molar-refractivity contribution is -0.119. The molecule has 1 fully saturated rings. The van der Waals surface area contributed by atoms with Gasteiger partial charge in [0.25, 0.3) is 0 Å². The molecule has 0 saturated carbocycles. The van der Waals surface area contributed by atoms with Crippen LogP contribution in [0.25, 0.3) is 0 Å². The van der Waals surface area contributed by atoms with Crippen LogP contribution in [0.4, 0.5) is 0 Å². The molecule has 1 aliphatic heterocycles. The number of hydrogen-bond donors (Lipinski definition) is 1. The standard InChI is InChI=1S/C17H27N3OS/c1-14-6-5-7-16(18-14)12-15(2)19-17(21)13-22-11-10-20-8-3-4-9-20/h5-7,15H,3-4,8-13H2,1-2H3,(H,19,21)/t15-/m0/s1. The van der Waals surface area contributed by atoms with Crippen LogP contribution in [-0.4, -0.2) is 53.0 Å². The van der Waals surface area contributed by atoms with E-state index in [4.69, 9.17) is 0 Å². The summed E-state index contributed by atoms with van der Waals surface area (Å²) in [5.74, 6) is 1.73. The van der Waals surface area contributed by atoms with Gasteiger partial charge in [-0.05, 0) is 51.9 Å². The van der Waals surface area contributed by atoms with E-state index in [1.807, 2.05) is 32.0 Å². The lowest BCUT2D eigenvalue weighted by Gasteiger charge is -2.15. The molecule has 0 spiro atoms. The number of thioether (sulfide) groups is 1. The highest BCUT2D eigenvalue weighted by molar-refractivity contribution is 7.99. The zero-order chi connectivity index (χ0) is 15.8. The van der Waals surface area contributed by atoms with E-state index in [9.17, 15) is 4.79 Å². The molecule has 0 aromatic carbocycles. The summed E-state index contributed by atoms with van der Waals surface area (Å²) in [7, 11) is 0. The minimum atomic E-state index is 0.126. The Balaban J connectivity index is 1.59. The van der Waals surface area contributed by atoms with Gasteiger partial charge in [-0.2, -0.15) is 11.8 Å². The van der Waals surface area contributed by atoms with E-state index in [1.165, 1.54) is 25.9 Å². The van der Waals surface area contributed by atoms with E-state index in [0.29, 0.717) is 5.75 Å². The van der Waals surface area contributed by atoms with Crippen molar-refractivity contribution in [1.82, 2.24) is 15.2 Å². The molecule has 2 heterocycles. The largest absolute Gasteiger partial charge is 0.353 e. The predicted molar refractivity (Wildman–Crippen MR) is 93.3 cm³/mol. The van der Waals surface area contributed by atoms with Crippen LogP contribution in [0.5, 0.6) is 0 Å². The molecule has 2 rings (SSSR count). The number of aryl methyl sites for hydroxylation is 1. The molecule has 1 aromatic rings. The fourth-order valence-corrected chi connectivity index (χ4v) is 3.56. The van der Waals surface area contributed by atoms with Crippen LogP contribution < -0.4 is 5.32 Å². The smallest absolute Gasteiger partial charge is 0.230 e. The molecule has 1 atom stereocenters. The van der Waals surface area contributed by atoms with Gasteiger partial charge in [0, 0.05) is 36.1 Å². The minimum Gasteiger partial charge on any atom is -0.353 e. The summed E-state index contributed by atoms with van der Waals surface area (Å²) in [6.07, 6.45) is 3.44. The molecule has 4 nitrogen and oxygen atoms in total. The molecule has 0 unspecified atom stereocenters. The molecule has 1 aromatic heterocycles. The van der Waals surface area contributed by atoms with Crippen molar-refractivity contribution in [2.75, 3.05) is 31.1 Å². The van der Waals surface area contributed by atoms with E-state index in [0.717, 1.165) is 30.1 Å². The Labute approximate surface area is 138 Å². The van der Waals surface area contributed by atoms with Gasteiger partial charge in [-0.1, -0.05) is 6.07 Å². The Morgan fingerprint density at radius 3 is 2.91 bits per heavy atom. The number of carbonyl (C=O) groups excluding carboxylic acids is 1. The van der Waals surface area contributed by atoms with E-state index in [-0.39, 0.29) is 11.9 Å². The first kappa shape index (κ1) is 17.3. The topological polar surface area (TPSA) is 45.2 Å². The van der Waals surface area contributed by atoms with Gasteiger partial charge in [-0.15, -0.1) is 0 Å². The average molecular weight is 321 g/mol. The first-order valence-corrected chi connectivity index (χ1v) is 9.31. The zero-order valence-electron chi connectivity index (χ0n) is 13.7. The zero-order valence-corrected chi connectivity index (χ0v) is 14.5. The maximum Gasteiger partial charge on any atom is 0.230 e. The third-order valence-corrected chi connectivity index (χ3v) is 4.79. The number of amides is 1. The Bertz CT molecular complexity index is 475. The van der Waals surface area contributed by atoms with Crippen LogP contribution in [0.2, 0.25) is 0 Å². The number of hydrogen-bond acceptors (Lipinski definition) is 4. The minimum absolute atomic E-state index is 0.126. The lowest BCUT2D eigenvalue weighted by atomic mass is 10.1. The van der Waals surface area contributed by atoms with E-state index in [2.05, 4.69) is 15.2 Å². The summed E-state index contributed by atoms with van der Waals surface area (Å²) >= 11 is 1.73. The van der Waals surface area contributed by atoms with Gasteiger partial charge in [0.05, 0.1) is 5.75 Å². The summed E-state index contributed by atoms with van der Waals surface area (Å²) in [6.45, 7) is 7.60. The number of aromatic nitrogens is 1. The summed E-state index contributed by atoms with van der Waals surface area (Å²) < 4.78 is 0. The van der Waals surface area contributed by atoms with E-state index >= 15 is 0 Å². The number of likely N-dealkylation sites (tertiary alicyclic amines) is 1. The Kier molecular flexibility index (Phi) is 7.19. The van der Waals surface area contributed by atoms with Crippen LogP contribution in [0, 0.1) is 6.92 Å². The third-order valence-electron chi connectivity index (χ3n) is 3.85. The van der Waals surface area contributed by atoms with Crippen LogP contribution >= 0.6 is 11.8 Å². The molecular formula is C17H27N3OS. The molecule has 1 aliphatic rings. The Hall–Kier alpha value is -1.07. The van der Waals surface area contributed by atoms with Gasteiger partial charge < -0.3 is 10.2 Å². The lowest BCUT2D eigenvalue weighted by Crippen LogP contribution is -2.35. The first-order valence-electron chi connectivity index (χ1n) is 8.15. The highest BCUT2D eigenvalue weighted by Crippen LogP contribution is 2.09. The molecule has 0 radical (unpaired) electrons. The van der Waals surface area contributed by atoms with Gasteiger partial charge in [0.2, 0.25) is 5.91 Å². The van der Waals surface area contributed by atoms with Crippen molar-refractivity contribution in [3.8, 4) is 0 Å². The van der Waals surface area contributed by atoms with Crippen molar-refractivity contribution in [1.29, 1.82) is 0 Å². The quantitative estimate of drug-likeness (QED) is 0.746. The summed E-state index contributed by atoms with van der Waals surface area (Å²) in [6, 6.07) is 6.14. The number of pyridine rings is 1. The monoisotopic (exact) mass is 321 g/mol. The van der Waals surface area contributed by atoms with Crippen molar-refractivity contribution in [2.24, 2.45) is 0 Å². The van der Waals surface area contributed by atoms with Crippen LogP contribution in [-0.2, 0) is 11.2 Å². The van der Waals surface area contributed by atoms with Crippen molar-refractivity contribution in [2.45, 2.75) is 39.2 Å². The van der Waals surface area contributed by atoms with Gasteiger partial charge in [-0.25, -0.2) is 0 Å². The predicted octanol–water partition coefficient (Wildman–Crippen LogP) is 2.27. The van der Waals surface area contributed by atoms with E-state index in [1.54, 1.807) is 11.8 Å². The molecule has 122 valence electrons. The molecule has 0 aliphatic carbocycles. The molecule has 1 amide bonds. The van der Waals surface area contributed by atoms with Crippen LogP contribution in [0.1, 0.15) is 31.2 Å². The maximum absolute atomic E-state index is 11.9. The van der Waals surface area contributed by atoms with Gasteiger partial charge in [-0.3, -0.25) is 9.78 Å². The second-order valence-corrected chi connectivity index (χ2v) is 7.15. The van der Waals surface area contributed by atoms with Crippen LogP contribution in [0.3, 0.4) is 0 Å². The Morgan fingerprint density at radius 2 is 2.18 bits per heavy atom. The highest BCUT2D eigenvalue weighted by atomic mass is 32.2. The molecule has 22 heavy (non-hydrogen) atoms. The van der Waals surface area contributed by atoms with Crippen molar-refractivity contribution in [3.05, 3.63) is 29.6 Å². The van der Waals surface area contributed by atoms with Crippen molar-refractivity contribution in [3.63, 3.8) is 0 Å². The molecule has 5 heteroatoms. The van der Waals surface area contributed by atoms with Gasteiger partial charge in [0.15, 0.2) is 0 Å². The van der Waals surface area contributed by atoms with Crippen LogP contribution in [0.15, 0.2) is 18.2 Å². The molecular weight excluding hydrogens is 294 g/mol. The second-order valence-electron chi connectivity index (χ2n) is 6.04. The van der Waals surface area contributed by atoms with Gasteiger partial charge in [0.1, 0.15) is 0 Å².